The van der Waals surface area contributed by atoms with Crippen molar-refractivity contribution in [2.75, 3.05) is 58.9 Å². The average molecular weight is 551 g/mol. The largest absolute Gasteiger partial charge is 0.490 e. The molecule has 37 heavy (non-hydrogen) atoms. The summed E-state index contributed by atoms with van der Waals surface area (Å²) in [5.74, 6) is -2.72. The summed E-state index contributed by atoms with van der Waals surface area (Å²) in [4.78, 5) is 26.1. The van der Waals surface area contributed by atoms with Gasteiger partial charge in [0.15, 0.2) is 0 Å². The van der Waals surface area contributed by atoms with Crippen molar-refractivity contribution >= 4 is 21.9 Å². The number of aryl methyl sites for hydroxylation is 1. The maximum atomic E-state index is 13.3. The maximum Gasteiger partial charge on any atom is 0.490 e. The van der Waals surface area contributed by atoms with Gasteiger partial charge in [0.1, 0.15) is 0 Å². The zero-order valence-corrected chi connectivity index (χ0v) is 22.0. The summed E-state index contributed by atoms with van der Waals surface area (Å²) in [6.45, 7) is 8.72. The highest BCUT2D eigenvalue weighted by atomic mass is 32.2. The number of sulfonamides is 1. The van der Waals surface area contributed by atoms with E-state index in [9.17, 15) is 26.4 Å². The standard InChI is InChI=1S/C22H36N4O3S.C2HF3O2/c1-20-6-8-21(9-7-20)30(28,29)26(16-5-15-24-13-3-2-4-14-24)17-10-22(27)25-18-11-23-12-19-25;3-2(4,5)1(6)7/h6-9,23H,2-5,10-19H2,1H3;(H,6,7). The van der Waals surface area contributed by atoms with Gasteiger partial charge in [0.2, 0.25) is 15.9 Å². The molecule has 210 valence electrons. The Bertz CT molecular complexity index is 962. The number of piperazine rings is 1. The summed E-state index contributed by atoms with van der Waals surface area (Å²) in [5.41, 5.74) is 1.03. The molecule has 0 atom stereocenters. The van der Waals surface area contributed by atoms with Crippen LogP contribution >= 0.6 is 0 Å². The van der Waals surface area contributed by atoms with E-state index in [0.29, 0.717) is 24.5 Å². The first-order valence-electron chi connectivity index (χ1n) is 12.5. The first kappa shape index (κ1) is 31.0. The molecule has 0 bridgehead atoms. The van der Waals surface area contributed by atoms with E-state index in [2.05, 4.69) is 10.2 Å². The number of alkyl halides is 3. The number of aliphatic carboxylic acids is 1. The molecular weight excluding hydrogens is 513 g/mol. The minimum absolute atomic E-state index is 0.0386. The molecule has 2 saturated heterocycles. The van der Waals surface area contributed by atoms with Gasteiger partial charge in [-0.1, -0.05) is 24.1 Å². The van der Waals surface area contributed by atoms with Gasteiger partial charge in [-0.05, 0) is 58.0 Å². The van der Waals surface area contributed by atoms with Crippen molar-refractivity contribution in [3.8, 4) is 0 Å². The van der Waals surface area contributed by atoms with Crippen LogP contribution in [0.25, 0.3) is 0 Å². The first-order chi connectivity index (χ1) is 17.4. The third-order valence-corrected chi connectivity index (χ3v) is 8.19. The molecule has 1 aromatic rings. The third kappa shape index (κ3) is 10.6. The van der Waals surface area contributed by atoms with Crippen LogP contribution in [0.5, 0.6) is 0 Å². The smallest absolute Gasteiger partial charge is 0.475 e. The molecule has 0 aromatic heterocycles. The van der Waals surface area contributed by atoms with Crippen molar-refractivity contribution in [1.82, 2.24) is 19.4 Å². The van der Waals surface area contributed by atoms with Gasteiger partial charge >= 0.3 is 12.1 Å². The number of amides is 1. The van der Waals surface area contributed by atoms with E-state index in [0.717, 1.165) is 44.7 Å². The van der Waals surface area contributed by atoms with Crippen LogP contribution in [0, 0.1) is 6.92 Å². The molecule has 0 aliphatic carbocycles. The number of piperidine rings is 1. The monoisotopic (exact) mass is 550 g/mol. The Hall–Kier alpha value is -2.22. The zero-order valence-electron chi connectivity index (χ0n) is 21.2. The molecule has 1 amide bonds. The second-order valence-electron chi connectivity index (χ2n) is 9.16. The molecule has 2 N–H and O–H groups in total. The Morgan fingerprint density at radius 3 is 2.11 bits per heavy atom. The minimum Gasteiger partial charge on any atom is -0.475 e. The highest BCUT2D eigenvalue weighted by Crippen LogP contribution is 2.18. The number of hydrogen-bond donors (Lipinski definition) is 2. The van der Waals surface area contributed by atoms with Gasteiger partial charge < -0.3 is 20.2 Å². The van der Waals surface area contributed by atoms with E-state index in [1.807, 2.05) is 24.0 Å². The molecule has 0 spiro atoms. The summed E-state index contributed by atoms with van der Waals surface area (Å²) >= 11 is 0. The predicted molar refractivity (Wildman–Crippen MR) is 133 cm³/mol. The number of likely N-dealkylation sites (tertiary alicyclic amines) is 1. The van der Waals surface area contributed by atoms with Crippen LogP contribution in [0.15, 0.2) is 29.2 Å². The lowest BCUT2D eigenvalue weighted by atomic mass is 10.1. The van der Waals surface area contributed by atoms with Crippen LogP contribution in [0.4, 0.5) is 13.2 Å². The normalized spacial score (nSPS) is 17.3. The summed E-state index contributed by atoms with van der Waals surface area (Å²) in [5, 5.41) is 10.4. The Morgan fingerprint density at radius 2 is 1.57 bits per heavy atom. The van der Waals surface area contributed by atoms with Crippen molar-refractivity contribution < 1.29 is 36.3 Å². The third-order valence-electron chi connectivity index (χ3n) is 6.28. The molecule has 0 unspecified atom stereocenters. The first-order valence-corrected chi connectivity index (χ1v) is 13.9. The molecule has 2 aliphatic rings. The van der Waals surface area contributed by atoms with E-state index < -0.39 is 22.2 Å². The second kappa shape index (κ2) is 14.6. The van der Waals surface area contributed by atoms with Crippen LogP contribution in [0.1, 0.15) is 37.7 Å². The molecule has 3 rings (SSSR count). The predicted octanol–water partition coefficient (Wildman–Crippen LogP) is 2.32. The number of nitrogens with one attached hydrogen (secondary N) is 1. The van der Waals surface area contributed by atoms with Crippen molar-refractivity contribution in [3.63, 3.8) is 0 Å². The minimum atomic E-state index is -5.08. The van der Waals surface area contributed by atoms with Crippen molar-refractivity contribution in [3.05, 3.63) is 29.8 Å². The maximum absolute atomic E-state index is 13.3. The van der Waals surface area contributed by atoms with Crippen LogP contribution < -0.4 is 5.32 Å². The summed E-state index contributed by atoms with van der Waals surface area (Å²) in [7, 11) is -3.62. The molecular formula is C24H37F3N4O5S. The van der Waals surface area contributed by atoms with Crippen LogP contribution in [0.3, 0.4) is 0 Å². The van der Waals surface area contributed by atoms with E-state index in [1.165, 1.54) is 23.6 Å². The summed E-state index contributed by atoms with van der Waals surface area (Å²) < 4.78 is 59.8. The number of carbonyl (C=O) groups excluding carboxylic acids is 1. The lowest BCUT2D eigenvalue weighted by Crippen LogP contribution is -2.47. The summed E-state index contributed by atoms with van der Waals surface area (Å²) in [6.07, 6.45) is -0.324. The van der Waals surface area contributed by atoms with Crippen molar-refractivity contribution in [1.29, 1.82) is 0 Å². The highest BCUT2D eigenvalue weighted by Gasteiger charge is 2.38. The number of rotatable bonds is 9. The van der Waals surface area contributed by atoms with Crippen LogP contribution in [-0.2, 0) is 19.6 Å². The number of halogens is 3. The summed E-state index contributed by atoms with van der Waals surface area (Å²) in [6, 6.07) is 6.98. The van der Waals surface area contributed by atoms with Gasteiger partial charge in [-0.2, -0.15) is 17.5 Å². The van der Waals surface area contributed by atoms with Gasteiger partial charge in [0, 0.05) is 45.7 Å². The molecule has 0 radical (unpaired) electrons. The van der Waals surface area contributed by atoms with Gasteiger partial charge in [-0.25, -0.2) is 13.2 Å². The van der Waals surface area contributed by atoms with Crippen molar-refractivity contribution in [2.45, 2.75) is 50.1 Å². The zero-order chi connectivity index (χ0) is 27.5. The van der Waals surface area contributed by atoms with E-state index in [-0.39, 0.29) is 18.9 Å². The highest BCUT2D eigenvalue weighted by molar-refractivity contribution is 7.89. The number of carboxylic acids is 1. The van der Waals surface area contributed by atoms with Crippen LogP contribution in [0.2, 0.25) is 0 Å². The quantitative estimate of drug-likeness (QED) is 0.486. The number of nitrogens with zero attached hydrogens (tertiary/aromatic N) is 3. The molecule has 13 heteroatoms. The fourth-order valence-electron chi connectivity index (χ4n) is 4.16. The molecule has 1 aromatic carbocycles. The Kier molecular flexibility index (Phi) is 12.3. The number of hydrogen-bond acceptors (Lipinski definition) is 6. The Balaban J connectivity index is 0.000000604. The molecule has 2 heterocycles. The fraction of sp³-hybridized carbons (Fsp3) is 0.667. The lowest BCUT2D eigenvalue weighted by molar-refractivity contribution is -0.192. The fourth-order valence-corrected chi connectivity index (χ4v) is 5.64. The van der Waals surface area contributed by atoms with Crippen LogP contribution in [-0.4, -0.2) is 105 Å². The molecule has 0 saturated carbocycles. The lowest BCUT2D eigenvalue weighted by Gasteiger charge is -2.30. The van der Waals surface area contributed by atoms with Gasteiger partial charge in [-0.15, -0.1) is 0 Å². The molecule has 9 nitrogen and oxygen atoms in total. The number of benzene rings is 1. The van der Waals surface area contributed by atoms with E-state index in [4.69, 9.17) is 9.90 Å². The van der Waals surface area contributed by atoms with E-state index >= 15 is 0 Å². The number of carboxylic acid groups (broad SMARTS) is 1. The molecule has 2 fully saturated rings. The Labute approximate surface area is 216 Å². The van der Waals surface area contributed by atoms with Gasteiger partial charge in [0.05, 0.1) is 4.90 Å². The SMILES string of the molecule is Cc1ccc(S(=O)(=O)N(CCCN2CCCCC2)CCC(=O)N2CCNCC2)cc1.O=C(O)C(F)(F)F. The number of carbonyl (C=O) groups is 2. The second-order valence-corrected chi connectivity index (χ2v) is 11.1. The van der Waals surface area contributed by atoms with Gasteiger partial charge in [0.25, 0.3) is 0 Å². The van der Waals surface area contributed by atoms with E-state index in [1.54, 1.807) is 12.1 Å². The Morgan fingerprint density at radius 1 is 1.00 bits per heavy atom. The molecule has 2 aliphatic heterocycles. The van der Waals surface area contributed by atoms with Crippen molar-refractivity contribution in [2.24, 2.45) is 0 Å². The average Bonchev–Trinajstić information content (AvgIpc) is 2.87. The topological polar surface area (TPSA) is 110 Å². The van der Waals surface area contributed by atoms with Gasteiger partial charge in [-0.3, -0.25) is 4.79 Å².